The summed E-state index contributed by atoms with van der Waals surface area (Å²) in [7, 11) is 2.32. The summed E-state index contributed by atoms with van der Waals surface area (Å²) >= 11 is 0. The van der Waals surface area contributed by atoms with Crippen LogP contribution in [-0.2, 0) is 27.6 Å². The highest BCUT2D eigenvalue weighted by atomic mass is 32.2. The maximum absolute atomic E-state index is 13.4. The van der Waals surface area contributed by atoms with Crippen molar-refractivity contribution in [2.45, 2.75) is 42.8 Å². The minimum absolute atomic E-state index is 0. The smallest absolute Gasteiger partial charge is 0.412 e. The molecule has 190 valence electrons. The molecule has 0 aromatic heterocycles. The lowest BCUT2D eigenvalue weighted by Gasteiger charge is -2.16. The van der Waals surface area contributed by atoms with Crippen LogP contribution in [0.25, 0.3) is 11.1 Å². The van der Waals surface area contributed by atoms with E-state index in [2.05, 4.69) is 9.47 Å². The van der Waals surface area contributed by atoms with Crippen LogP contribution in [0.4, 0.5) is 8.78 Å². The van der Waals surface area contributed by atoms with Gasteiger partial charge in [-0.1, -0.05) is 36.4 Å². The first kappa shape index (κ1) is 25.9. The lowest BCUT2D eigenvalue weighted by Crippen LogP contribution is -2.26. The van der Waals surface area contributed by atoms with Crippen LogP contribution < -0.4 is 9.47 Å². The number of hydrogen-bond donors (Lipinski definition) is 0. The van der Waals surface area contributed by atoms with Gasteiger partial charge in [0.25, 0.3) is 0 Å². The highest BCUT2D eigenvalue weighted by Gasteiger charge is 2.52. The summed E-state index contributed by atoms with van der Waals surface area (Å²) in [6.07, 6.45) is -2.10. The third-order valence-electron chi connectivity index (χ3n) is 6.60. The second-order valence-electron chi connectivity index (χ2n) is 9.25. The predicted molar refractivity (Wildman–Crippen MR) is 133 cm³/mol. The average Bonchev–Trinajstić information content (AvgIpc) is 3.57. The Morgan fingerprint density at radius 2 is 1.64 bits per heavy atom. The summed E-state index contributed by atoms with van der Waals surface area (Å²) in [5, 5.41) is 0. The summed E-state index contributed by atoms with van der Waals surface area (Å²) < 4.78 is 49.8. The number of carbonyl (C=O) groups excluding carboxylic acids is 1. The first-order chi connectivity index (χ1) is 16.6. The van der Waals surface area contributed by atoms with Gasteiger partial charge in [0.05, 0.1) is 10.3 Å². The molecule has 0 bridgehead atoms. The first-order valence-corrected chi connectivity index (χ1v) is 12.4. The van der Waals surface area contributed by atoms with Gasteiger partial charge in [0.1, 0.15) is 16.8 Å². The Morgan fingerprint density at radius 3 is 2.28 bits per heavy atom. The minimum atomic E-state index is -3.68. The third kappa shape index (κ3) is 4.78. The molecule has 1 fully saturated rings. The highest BCUT2D eigenvalue weighted by molar-refractivity contribution is 7.82. The van der Waals surface area contributed by atoms with Crippen LogP contribution >= 0.6 is 0 Å². The number of ether oxygens (including phenoxy) is 2. The fourth-order valence-corrected chi connectivity index (χ4v) is 5.30. The molecule has 5 rings (SSSR count). The number of rotatable bonds is 7. The number of fused-ring (bicyclic) bond motifs is 1. The van der Waals surface area contributed by atoms with Gasteiger partial charge >= 0.3 is 6.29 Å². The van der Waals surface area contributed by atoms with Crippen molar-refractivity contribution in [3.63, 3.8) is 0 Å². The molecule has 0 saturated heterocycles. The average molecular weight is 516 g/mol. The molecule has 1 aliphatic heterocycles. The van der Waals surface area contributed by atoms with E-state index in [0.29, 0.717) is 18.4 Å². The molecule has 6 nitrogen and oxygen atoms in total. The van der Waals surface area contributed by atoms with Crippen LogP contribution in [0.3, 0.4) is 0 Å². The zero-order valence-corrected chi connectivity index (χ0v) is 21.0. The van der Waals surface area contributed by atoms with Crippen LogP contribution in [0, 0.1) is 6.92 Å². The van der Waals surface area contributed by atoms with E-state index < -0.39 is 22.7 Å². The molecule has 36 heavy (non-hydrogen) atoms. The predicted octanol–water partition coefficient (Wildman–Crippen LogP) is 4.59. The van der Waals surface area contributed by atoms with Crippen molar-refractivity contribution < 1.29 is 32.7 Å². The van der Waals surface area contributed by atoms with Crippen molar-refractivity contribution in [1.82, 2.24) is 4.31 Å². The van der Waals surface area contributed by atoms with Gasteiger partial charge in [-0.25, -0.2) is 8.51 Å². The molecule has 2 N–H and O–H groups in total. The molecule has 0 radical (unpaired) electrons. The molecule has 3 aromatic carbocycles. The van der Waals surface area contributed by atoms with E-state index in [9.17, 15) is 17.8 Å². The summed E-state index contributed by atoms with van der Waals surface area (Å²) in [4.78, 5) is 14.1. The van der Waals surface area contributed by atoms with E-state index in [4.69, 9.17) is 0 Å². The van der Waals surface area contributed by atoms with Crippen molar-refractivity contribution in [3.8, 4) is 22.6 Å². The molecular weight excluding hydrogens is 488 g/mol. The normalized spacial score (nSPS) is 17.4. The van der Waals surface area contributed by atoms with Crippen LogP contribution in [0.2, 0.25) is 0 Å². The molecule has 9 heteroatoms. The van der Waals surface area contributed by atoms with Crippen LogP contribution in [0.15, 0.2) is 65.6 Å². The van der Waals surface area contributed by atoms with E-state index >= 15 is 0 Å². The Bertz CT molecular complexity index is 1340. The zero-order chi connectivity index (χ0) is 25.0. The monoisotopic (exact) mass is 515 g/mol. The zero-order valence-electron chi connectivity index (χ0n) is 20.1. The molecule has 1 unspecified atom stereocenters. The Morgan fingerprint density at radius 1 is 0.972 bits per heavy atom. The maximum Gasteiger partial charge on any atom is 0.586 e. The van der Waals surface area contributed by atoms with Gasteiger partial charge in [0, 0.05) is 6.42 Å². The number of Topliss-reactive ketones (excluding diaryl/α,β-unsaturated/α-hetero) is 1. The van der Waals surface area contributed by atoms with E-state index in [0.717, 1.165) is 27.1 Å². The van der Waals surface area contributed by atoms with Crippen molar-refractivity contribution in [2.75, 3.05) is 14.1 Å². The number of halogens is 2. The van der Waals surface area contributed by atoms with Gasteiger partial charge in [-0.2, -0.15) is 0 Å². The summed E-state index contributed by atoms with van der Waals surface area (Å²) in [6.45, 7) is 2.01. The summed E-state index contributed by atoms with van der Waals surface area (Å²) in [5.41, 5.74) is 3.94. The van der Waals surface area contributed by atoms with E-state index in [1.165, 1.54) is 12.1 Å². The lowest BCUT2D eigenvalue weighted by molar-refractivity contribution is -0.286. The van der Waals surface area contributed by atoms with E-state index in [-0.39, 0.29) is 29.2 Å². The van der Waals surface area contributed by atoms with Gasteiger partial charge < -0.3 is 14.9 Å². The van der Waals surface area contributed by atoms with Crippen molar-refractivity contribution in [3.05, 3.63) is 77.4 Å². The SMILES string of the molecule is Cc1ccc(CC(=O)C2(c3ccc4c(c3)OC(F)(F)O4)CC2)cc1-c1ccc(S(=O)N(C)C)cc1.O. The number of carbonyl (C=O) groups is 1. The molecule has 1 saturated carbocycles. The van der Waals surface area contributed by atoms with Crippen molar-refractivity contribution in [2.24, 2.45) is 0 Å². The van der Waals surface area contributed by atoms with Gasteiger partial charge in [-0.3, -0.25) is 4.79 Å². The van der Waals surface area contributed by atoms with Crippen LogP contribution in [-0.4, -0.2) is 40.2 Å². The lowest BCUT2D eigenvalue weighted by atomic mass is 9.87. The molecule has 3 aromatic rings. The third-order valence-corrected chi connectivity index (χ3v) is 7.94. The van der Waals surface area contributed by atoms with Gasteiger partial charge in [-0.05, 0) is 85.9 Å². The Labute approximate surface area is 210 Å². The number of alkyl halides is 2. The van der Waals surface area contributed by atoms with E-state index in [1.54, 1.807) is 24.5 Å². The van der Waals surface area contributed by atoms with Crippen LogP contribution in [0.1, 0.15) is 29.5 Å². The van der Waals surface area contributed by atoms with Crippen LogP contribution in [0.5, 0.6) is 11.5 Å². The fourth-order valence-electron chi connectivity index (χ4n) is 4.51. The summed E-state index contributed by atoms with van der Waals surface area (Å²) in [5.74, 6) is -0.0110. The van der Waals surface area contributed by atoms with Gasteiger partial charge in [0.2, 0.25) is 0 Å². The quantitative estimate of drug-likeness (QED) is 0.461. The first-order valence-electron chi connectivity index (χ1n) is 11.3. The number of nitrogens with zero attached hydrogens (tertiary/aromatic N) is 1. The molecule has 2 aliphatic rings. The molecule has 0 spiro atoms. The van der Waals surface area contributed by atoms with E-state index in [1.807, 2.05) is 49.4 Å². The van der Waals surface area contributed by atoms with Gasteiger partial charge in [0.15, 0.2) is 11.5 Å². The minimum Gasteiger partial charge on any atom is -0.412 e. The highest BCUT2D eigenvalue weighted by Crippen LogP contribution is 2.52. The largest absolute Gasteiger partial charge is 0.586 e. The molecule has 1 aliphatic carbocycles. The fraction of sp³-hybridized carbons (Fsp3) is 0.296. The Balaban J connectivity index is 0.00000304. The number of ketones is 1. The Kier molecular flexibility index (Phi) is 6.76. The summed E-state index contributed by atoms with van der Waals surface area (Å²) in [6, 6.07) is 18.2. The number of benzene rings is 3. The second-order valence-corrected chi connectivity index (χ2v) is 10.9. The second kappa shape index (κ2) is 9.38. The van der Waals surface area contributed by atoms with Crippen molar-refractivity contribution in [1.29, 1.82) is 0 Å². The molecule has 1 atom stereocenters. The molecule has 0 amide bonds. The molecular formula is C27H27F2NO5S. The topological polar surface area (TPSA) is 87.3 Å². The standard InChI is InChI=1S/C27H25F2NO4S.H2O/c1-17-4-5-18(14-22(17)19-6-9-21(10-7-19)35(32)30(2)3)15-25(31)26(12-13-26)20-8-11-23-24(16-20)34-27(28,29)33-23;/h4-11,14,16H,12-13,15H2,1-3H3;1H2. The maximum atomic E-state index is 13.4. The number of hydrogen-bond acceptors (Lipinski definition) is 4. The molecule has 1 heterocycles. The van der Waals surface area contributed by atoms with Gasteiger partial charge in [-0.15, -0.1) is 8.78 Å². The number of aryl methyl sites for hydroxylation is 1. The Hall–Kier alpha value is -3.14. The van der Waals surface area contributed by atoms with Crippen molar-refractivity contribution >= 4 is 16.8 Å².